The first-order chi connectivity index (χ1) is 23.8. The van der Waals surface area contributed by atoms with Crippen molar-refractivity contribution >= 4 is 74.7 Å². The van der Waals surface area contributed by atoms with Crippen molar-refractivity contribution in [3.63, 3.8) is 0 Å². The number of fused-ring (bicyclic) bond motifs is 2. The van der Waals surface area contributed by atoms with Crippen LogP contribution in [0.1, 0.15) is 61.6 Å². The van der Waals surface area contributed by atoms with E-state index in [2.05, 4.69) is 46.4 Å². The molecule has 4 aromatic rings. The number of para-hydroxylation sites is 1. The highest BCUT2D eigenvalue weighted by molar-refractivity contribution is 8.08. The van der Waals surface area contributed by atoms with Gasteiger partial charge in [-0.3, -0.25) is 19.0 Å². The van der Waals surface area contributed by atoms with E-state index in [0.29, 0.717) is 59.1 Å². The molecule has 3 aliphatic rings. The number of hydrogen-bond acceptors (Lipinski definition) is 8. The second-order valence-electron chi connectivity index (χ2n) is 13.0. The molecule has 4 heterocycles. The molecule has 0 unspecified atom stereocenters. The van der Waals surface area contributed by atoms with Crippen LogP contribution in [-0.2, 0) is 29.2 Å². The monoisotopic (exact) mass is 770 g/mol. The summed E-state index contributed by atoms with van der Waals surface area (Å²) < 4.78 is 20.0. The van der Waals surface area contributed by atoms with Crippen molar-refractivity contribution in [2.24, 2.45) is 11.8 Å². The van der Waals surface area contributed by atoms with Crippen LogP contribution in [0, 0.1) is 17.7 Å². The maximum Gasteiger partial charge on any atom is 0.271 e. The number of benzene rings is 2. The Morgan fingerprint density at radius 1 is 1.10 bits per heavy atom. The number of nitrogens with one attached hydrogen (secondary N) is 1. The number of anilines is 1. The third kappa shape index (κ3) is 7.79. The maximum absolute atomic E-state index is 14.6. The molecule has 1 aliphatic carbocycles. The number of thiazole rings is 2. The fourth-order valence-electron chi connectivity index (χ4n) is 7.13. The minimum Gasteiger partial charge on any atom is -1.00 e. The second kappa shape index (κ2) is 16.2. The number of carbonyl (C=O) groups is 2. The molecule has 2 aromatic carbocycles. The van der Waals surface area contributed by atoms with Gasteiger partial charge in [-0.15, -0.1) is 11.3 Å². The molecule has 2 aromatic heterocycles. The van der Waals surface area contributed by atoms with E-state index in [4.69, 9.17) is 0 Å². The van der Waals surface area contributed by atoms with E-state index in [9.17, 15) is 18.8 Å². The molecule has 0 spiro atoms. The summed E-state index contributed by atoms with van der Waals surface area (Å²) in [5.74, 6) is 2.53. The smallest absolute Gasteiger partial charge is 0.271 e. The summed E-state index contributed by atoms with van der Waals surface area (Å²) in [5.41, 5.74) is 2.66. The molecule has 50 heavy (non-hydrogen) atoms. The van der Waals surface area contributed by atoms with Crippen LogP contribution in [0.25, 0.3) is 11.1 Å². The molecule has 3 atom stereocenters. The molecule has 264 valence electrons. The molecular weight excluding hydrogens is 731 g/mol. The summed E-state index contributed by atoms with van der Waals surface area (Å²) >= 11 is 6.54. The van der Waals surface area contributed by atoms with E-state index < -0.39 is 0 Å². The van der Waals surface area contributed by atoms with Crippen molar-refractivity contribution in [1.82, 2.24) is 9.88 Å². The first-order valence-electron chi connectivity index (χ1n) is 16.9. The van der Waals surface area contributed by atoms with E-state index in [1.54, 1.807) is 26.9 Å². The normalized spacial score (nSPS) is 21.0. The van der Waals surface area contributed by atoms with E-state index in [1.807, 2.05) is 37.2 Å². The average molecular weight is 771 g/mol. The van der Waals surface area contributed by atoms with Crippen molar-refractivity contribution < 1.29 is 31.0 Å². The predicted molar refractivity (Wildman–Crippen MR) is 199 cm³/mol. The summed E-state index contributed by atoms with van der Waals surface area (Å²) in [4.78, 5) is 40.5. The highest BCUT2D eigenvalue weighted by Gasteiger charge is 2.42. The van der Waals surface area contributed by atoms with Crippen LogP contribution in [0.15, 0.2) is 63.7 Å². The number of amides is 1. The number of ketones is 1. The number of hydrogen-bond donors (Lipinski definition) is 1. The quantitative estimate of drug-likeness (QED) is 0.187. The van der Waals surface area contributed by atoms with Crippen LogP contribution in [0.5, 0.6) is 0 Å². The van der Waals surface area contributed by atoms with E-state index >= 15 is 0 Å². The summed E-state index contributed by atoms with van der Waals surface area (Å²) in [5, 5.41) is 7.50. The topological polar surface area (TPSA) is 75.3 Å². The number of Topliss-reactive ketones (excluding diaryl/α,β-unsaturated/α-hetero) is 1. The minimum absolute atomic E-state index is 0. The van der Waals surface area contributed by atoms with Crippen LogP contribution < -0.4 is 41.9 Å². The van der Waals surface area contributed by atoms with Crippen LogP contribution in [-0.4, -0.2) is 34.3 Å². The molecule has 1 saturated heterocycles. The number of unbranched alkanes of at least 4 members (excludes halogenated alkanes) is 1. The third-order valence-corrected chi connectivity index (χ3v) is 14.7. The van der Waals surface area contributed by atoms with E-state index in [-0.39, 0.29) is 29.7 Å². The van der Waals surface area contributed by atoms with Crippen LogP contribution in [0.3, 0.4) is 0 Å². The summed E-state index contributed by atoms with van der Waals surface area (Å²) in [7, 11) is 1.82. The Morgan fingerprint density at radius 2 is 1.90 bits per heavy atom. The number of thioether (sulfide) groups is 2. The Labute approximate surface area is 314 Å². The molecule has 13 heteroatoms. The molecule has 2 aliphatic heterocycles. The lowest BCUT2D eigenvalue weighted by molar-refractivity contribution is -0.685. The van der Waals surface area contributed by atoms with E-state index in [0.717, 1.165) is 68.6 Å². The van der Waals surface area contributed by atoms with Gasteiger partial charge >= 0.3 is 0 Å². The van der Waals surface area contributed by atoms with Gasteiger partial charge in [0.1, 0.15) is 25.8 Å². The van der Waals surface area contributed by atoms with Crippen LogP contribution in [0.2, 0.25) is 0 Å². The largest absolute Gasteiger partial charge is 1.00 e. The van der Waals surface area contributed by atoms with Crippen molar-refractivity contribution in [3.8, 4) is 0 Å². The summed E-state index contributed by atoms with van der Waals surface area (Å²) in [6.45, 7) is 3.69. The van der Waals surface area contributed by atoms with Gasteiger partial charge in [0.25, 0.3) is 10.6 Å². The Hall–Kier alpha value is -2.90. The average Bonchev–Trinajstić information content (AvgIpc) is 3.90. The Kier molecular flexibility index (Phi) is 11.9. The van der Waals surface area contributed by atoms with Crippen LogP contribution in [0.4, 0.5) is 10.1 Å². The molecule has 0 bridgehead atoms. The number of carbonyl (C=O) groups excluding carboxylic acids is 2. The van der Waals surface area contributed by atoms with Crippen LogP contribution >= 0.6 is 46.2 Å². The first-order valence-corrected chi connectivity index (χ1v) is 20.5. The lowest BCUT2D eigenvalue weighted by Gasteiger charge is -2.16. The zero-order valence-electron chi connectivity index (χ0n) is 28.0. The number of halogens is 2. The number of nitrogens with zero attached hydrogens (tertiary/aromatic N) is 3. The molecular formula is C37H40ClFN4O3S4. The zero-order valence-corrected chi connectivity index (χ0v) is 32.1. The molecule has 1 amide bonds. The molecule has 2 fully saturated rings. The first kappa shape index (κ1) is 36.9. The van der Waals surface area contributed by atoms with Crippen molar-refractivity contribution in [1.29, 1.82) is 0 Å². The highest BCUT2D eigenvalue weighted by atomic mass is 35.5. The summed E-state index contributed by atoms with van der Waals surface area (Å²) in [6.07, 6.45) is 9.24. The second-order valence-corrected chi connectivity index (χ2v) is 17.2. The van der Waals surface area contributed by atoms with E-state index in [1.165, 1.54) is 29.2 Å². The highest BCUT2D eigenvalue weighted by Crippen LogP contribution is 2.48. The fourth-order valence-corrected chi connectivity index (χ4v) is 12.2. The van der Waals surface area contributed by atoms with Gasteiger partial charge in [0.15, 0.2) is 12.7 Å². The minimum atomic E-state index is -0.290. The van der Waals surface area contributed by atoms with Gasteiger partial charge in [0.05, 0.1) is 17.1 Å². The SMILES string of the molecule is CCn1c(=O)/c(=C2\Sc3cccc(F)c3N2C)s/c1=C\c1scc[n+]1Cc1ccc(CNC(=O)CCCC[C@@H]2SC[C@@H]3CC(=O)C[C@@H]32)cc1.[Cl-]. The van der Waals surface area contributed by atoms with Gasteiger partial charge in [-0.05, 0) is 55.1 Å². The van der Waals surface area contributed by atoms with Gasteiger partial charge in [-0.25, -0.2) is 4.39 Å². The lowest BCUT2D eigenvalue weighted by atomic mass is 9.92. The number of aromatic nitrogens is 2. The Balaban J connectivity index is 0.00000432. The van der Waals surface area contributed by atoms with Crippen molar-refractivity contribution in [3.05, 3.63) is 95.5 Å². The number of rotatable bonds is 11. The Bertz CT molecular complexity index is 2060. The molecule has 0 radical (unpaired) electrons. The van der Waals surface area contributed by atoms with Gasteiger partial charge in [-0.2, -0.15) is 16.3 Å². The lowest BCUT2D eigenvalue weighted by Crippen LogP contribution is -3.00. The van der Waals surface area contributed by atoms with Gasteiger partial charge in [-0.1, -0.05) is 59.9 Å². The Morgan fingerprint density at radius 3 is 2.68 bits per heavy atom. The standard InChI is InChI=1S/C37H39FN4O3S4.ClH/c1-3-42-33(49-35(36(42)45)37-40(2)34-28(38)7-6-9-30(34)48-37)19-32-41(15-16-46-32)21-24-13-11-23(12-14-24)20-39-31(44)10-5-4-8-29-27-18-26(43)17-25(27)22-47-29;/h6-7,9,11-16,19,25,27,29H,3-5,8,10,17-18,20-22H2,1-2H3;1H/b37-35+;/t25-,27-,29-;/m0./s1. The van der Waals surface area contributed by atoms with Crippen molar-refractivity contribution in [2.75, 3.05) is 17.7 Å². The summed E-state index contributed by atoms with van der Waals surface area (Å²) in [6, 6.07) is 13.4. The van der Waals surface area contributed by atoms with Gasteiger partial charge < -0.3 is 22.6 Å². The van der Waals surface area contributed by atoms with Gasteiger partial charge in [0.2, 0.25) is 5.91 Å². The predicted octanol–water partition coefficient (Wildman–Crippen LogP) is 2.49. The molecule has 1 N–H and O–H groups in total. The molecule has 7 rings (SSSR count). The maximum atomic E-state index is 14.6. The molecule has 7 nitrogen and oxygen atoms in total. The fraction of sp³-hybridized carbons (Fsp3) is 0.405. The van der Waals surface area contributed by atoms with Crippen molar-refractivity contribution in [2.45, 2.75) is 75.2 Å². The molecule has 1 saturated carbocycles. The third-order valence-electron chi connectivity index (χ3n) is 9.75. The van der Waals surface area contributed by atoms with Gasteiger partial charge in [0, 0.05) is 55.1 Å². The zero-order chi connectivity index (χ0) is 34.1.